The number of nitrogens with one attached hydrogen (secondary N) is 2. The molecule has 2 aromatic rings. The lowest BCUT2D eigenvalue weighted by Gasteiger charge is -2.04. The lowest BCUT2D eigenvalue weighted by molar-refractivity contribution is 0.545. The SMILES string of the molecule is Cc1cc2nc(CNCC(C)C)[nH]c2cc1C. The van der Waals surface area contributed by atoms with Crippen molar-refractivity contribution in [2.75, 3.05) is 6.54 Å². The molecule has 0 amide bonds. The van der Waals surface area contributed by atoms with Crippen molar-refractivity contribution in [1.29, 1.82) is 0 Å². The molecule has 0 aliphatic heterocycles. The van der Waals surface area contributed by atoms with Crippen molar-refractivity contribution >= 4 is 11.0 Å². The second-order valence-electron chi connectivity index (χ2n) is 5.16. The zero-order valence-electron chi connectivity index (χ0n) is 11.1. The van der Waals surface area contributed by atoms with E-state index >= 15 is 0 Å². The van der Waals surface area contributed by atoms with Crippen LogP contribution in [0.2, 0.25) is 0 Å². The van der Waals surface area contributed by atoms with Crippen LogP contribution in [0.25, 0.3) is 11.0 Å². The third-order valence-corrected chi connectivity index (χ3v) is 2.99. The largest absolute Gasteiger partial charge is 0.341 e. The van der Waals surface area contributed by atoms with Gasteiger partial charge in [0.15, 0.2) is 0 Å². The summed E-state index contributed by atoms with van der Waals surface area (Å²) in [6.45, 7) is 10.5. The second-order valence-corrected chi connectivity index (χ2v) is 5.16. The summed E-state index contributed by atoms with van der Waals surface area (Å²) >= 11 is 0. The monoisotopic (exact) mass is 231 g/mol. The average Bonchev–Trinajstić information content (AvgIpc) is 2.60. The summed E-state index contributed by atoms with van der Waals surface area (Å²) in [5.41, 5.74) is 4.80. The molecule has 17 heavy (non-hydrogen) atoms. The molecule has 0 unspecified atom stereocenters. The highest BCUT2D eigenvalue weighted by Gasteiger charge is 2.04. The van der Waals surface area contributed by atoms with Crippen molar-refractivity contribution in [3.8, 4) is 0 Å². The van der Waals surface area contributed by atoms with Crippen LogP contribution in [0, 0.1) is 19.8 Å². The van der Waals surface area contributed by atoms with Gasteiger partial charge in [-0.1, -0.05) is 13.8 Å². The van der Waals surface area contributed by atoms with E-state index in [-0.39, 0.29) is 0 Å². The fourth-order valence-corrected chi connectivity index (χ4v) is 1.89. The number of rotatable bonds is 4. The maximum absolute atomic E-state index is 4.59. The van der Waals surface area contributed by atoms with Gasteiger partial charge in [-0.05, 0) is 49.6 Å². The number of fused-ring (bicyclic) bond motifs is 1. The summed E-state index contributed by atoms with van der Waals surface area (Å²) in [6.07, 6.45) is 0. The highest BCUT2D eigenvalue weighted by atomic mass is 15.0. The maximum atomic E-state index is 4.59. The minimum Gasteiger partial charge on any atom is -0.341 e. The Labute approximate surface area is 103 Å². The number of aromatic amines is 1. The fraction of sp³-hybridized carbons (Fsp3) is 0.500. The van der Waals surface area contributed by atoms with Gasteiger partial charge in [-0.2, -0.15) is 0 Å². The third-order valence-electron chi connectivity index (χ3n) is 2.99. The molecule has 3 heteroatoms. The smallest absolute Gasteiger partial charge is 0.121 e. The Kier molecular flexibility index (Phi) is 3.48. The predicted octanol–water partition coefficient (Wildman–Crippen LogP) is 2.93. The van der Waals surface area contributed by atoms with E-state index in [0.717, 1.165) is 29.9 Å². The maximum Gasteiger partial charge on any atom is 0.121 e. The van der Waals surface area contributed by atoms with Gasteiger partial charge in [-0.3, -0.25) is 0 Å². The second kappa shape index (κ2) is 4.88. The molecule has 0 bridgehead atoms. The molecular formula is C14H21N3. The van der Waals surface area contributed by atoms with Crippen LogP contribution < -0.4 is 5.32 Å². The van der Waals surface area contributed by atoms with Crippen LogP contribution in [0.15, 0.2) is 12.1 Å². The third kappa shape index (κ3) is 2.86. The number of hydrogen-bond acceptors (Lipinski definition) is 2. The quantitative estimate of drug-likeness (QED) is 0.849. The minimum absolute atomic E-state index is 0.670. The molecular weight excluding hydrogens is 210 g/mol. The summed E-state index contributed by atoms with van der Waals surface area (Å²) in [5.74, 6) is 1.69. The van der Waals surface area contributed by atoms with E-state index in [1.165, 1.54) is 11.1 Å². The highest BCUT2D eigenvalue weighted by molar-refractivity contribution is 5.77. The van der Waals surface area contributed by atoms with E-state index in [2.05, 4.69) is 55.1 Å². The number of benzene rings is 1. The first-order chi connectivity index (χ1) is 8.06. The molecule has 92 valence electrons. The summed E-state index contributed by atoms with van der Waals surface area (Å²) in [5, 5.41) is 3.40. The van der Waals surface area contributed by atoms with Gasteiger partial charge >= 0.3 is 0 Å². The summed E-state index contributed by atoms with van der Waals surface area (Å²) < 4.78 is 0. The van der Waals surface area contributed by atoms with Gasteiger partial charge in [0.05, 0.1) is 17.6 Å². The Morgan fingerprint density at radius 3 is 2.65 bits per heavy atom. The molecule has 0 saturated heterocycles. The van der Waals surface area contributed by atoms with E-state index < -0.39 is 0 Å². The molecule has 1 heterocycles. The van der Waals surface area contributed by atoms with Crippen LogP contribution in [0.5, 0.6) is 0 Å². The molecule has 0 spiro atoms. The molecule has 3 nitrogen and oxygen atoms in total. The summed E-state index contributed by atoms with van der Waals surface area (Å²) in [7, 11) is 0. The lowest BCUT2D eigenvalue weighted by atomic mass is 10.1. The number of H-pyrrole nitrogens is 1. The van der Waals surface area contributed by atoms with Crippen molar-refractivity contribution in [2.24, 2.45) is 5.92 Å². The zero-order valence-corrected chi connectivity index (χ0v) is 11.1. The normalized spacial score (nSPS) is 11.6. The molecule has 0 aliphatic rings. The van der Waals surface area contributed by atoms with E-state index in [1.54, 1.807) is 0 Å². The fourth-order valence-electron chi connectivity index (χ4n) is 1.89. The first-order valence-corrected chi connectivity index (χ1v) is 6.23. The first-order valence-electron chi connectivity index (χ1n) is 6.23. The lowest BCUT2D eigenvalue weighted by Crippen LogP contribution is -2.19. The van der Waals surface area contributed by atoms with Crippen LogP contribution in [0.1, 0.15) is 30.8 Å². The summed E-state index contributed by atoms with van der Waals surface area (Å²) in [4.78, 5) is 7.96. The molecule has 0 radical (unpaired) electrons. The Bertz CT molecular complexity index is 472. The molecule has 1 aromatic carbocycles. The Balaban J connectivity index is 2.14. The van der Waals surface area contributed by atoms with Gasteiger partial charge in [0.1, 0.15) is 5.82 Å². The number of imidazole rings is 1. The van der Waals surface area contributed by atoms with Crippen molar-refractivity contribution in [1.82, 2.24) is 15.3 Å². The van der Waals surface area contributed by atoms with Crippen LogP contribution in [-0.4, -0.2) is 16.5 Å². The molecule has 2 rings (SSSR count). The van der Waals surface area contributed by atoms with Crippen molar-refractivity contribution < 1.29 is 0 Å². The Morgan fingerprint density at radius 1 is 1.24 bits per heavy atom. The van der Waals surface area contributed by atoms with Crippen LogP contribution in [0.4, 0.5) is 0 Å². The van der Waals surface area contributed by atoms with Crippen LogP contribution in [-0.2, 0) is 6.54 Å². The number of hydrogen-bond donors (Lipinski definition) is 2. The van der Waals surface area contributed by atoms with Crippen molar-refractivity contribution in [3.05, 3.63) is 29.1 Å². The highest BCUT2D eigenvalue weighted by Crippen LogP contribution is 2.17. The Morgan fingerprint density at radius 2 is 1.94 bits per heavy atom. The van der Waals surface area contributed by atoms with E-state index in [4.69, 9.17) is 0 Å². The van der Waals surface area contributed by atoms with E-state index in [1.807, 2.05) is 0 Å². The molecule has 0 atom stereocenters. The molecule has 0 fully saturated rings. The first kappa shape index (κ1) is 12.1. The Hall–Kier alpha value is -1.35. The molecule has 0 saturated carbocycles. The minimum atomic E-state index is 0.670. The zero-order chi connectivity index (χ0) is 12.4. The van der Waals surface area contributed by atoms with Gasteiger partial charge in [-0.25, -0.2) is 4.98 Å². The molecule has 1 aromatic heterocycles. The number of nitrogens with zero attached hydrogens (tertiary/aromatic N) is 1. The van der Waals surface area contributed by atoms with Gasteiger partial charge in [0, 0.05) is 0 Å². The number of aryl methyl sites for hydroxylation is 2. The van der Waals surface area contributed by atoms with E-state index in [0.29, 0.717) is 5.92 Å². The van der Waals surface area contributed by atoms with Gasteiger partial charge in [-0.15, -0.1) is 0 Å². The topological polar surface area (TPSA) is 40.7 Å². The van der Waals surface area contributed by atoms with Crippen molar-refractivity contribution in [3.63, 3.8) is 0 Å². The van der Waals surface area contributed by atoms with Gasteiger partial charge < -0.3 is 10.3 Å². The standard InChI is InChI=1S/C14H21N3/c1-9(2)7-15-8-14-16-12-5-10(3)11(4)6-13(12)17-14/h5-6,9,15H,7-8H2,1-4H3,(H,16,17). The molecule has 2 N–H and O–H groups in total. The molecule has 0 aliphatic carbocycles. The van der Waals surface area contributed by atoms with Crippen LogP contribution >= 0.6 is 0 Å². The van der Waals surface area contributed by atoms with Gasteiger partial charge in [0.25, 0.3) is 0 Å². The van der Waals surface area contributed by atoms with Crippen LogP contribution in [0.3, 0.4) is 0 Å². The van der Waals surface area contributed by atoms with Gasteiger partial charge in [0.2, 0.25) is 0 Å². The van der Waals surface area contributed by atoms with Crippen molar-refractivity contribution in [2.45, 2.75) is 34.2 Å². The van der Waals surface area contributed by atoms with E-state index in [9.17, 15) is 0 Å². The predicted molar refractivity (Wildman–Crippen MR) is 72.1 cm³/mol. The average molecular weight is 231 g/mol. The number of aromatic nitrogens is 2. The summed E-state index contributed by atoms with van der Waals surface area (Å²) in [6, 6.07) is 4.32.